The highest BCUT2D eigenvalue weighted by Gasteiger charge is 2.18. The molecule has 0 saturated heterocycles. The lowest BCUT2D eigenvalue weighted by atomic mass is 10.1. The third-order valence-electron chi connectivity index (χ3n) is 8.36. The molecule has 0 radical (unpaired) electrons. The molecule has 60 heavy (non-hydrogen) atoms. The van der Waals surface area contributed by atoms with Crippen molar-refractivity contribution in [2.24, 2.45) is 5.73 Å². The molecule has 6 aromatic rings. The van der Waals surface area contributed by atoms with Crippen LogP contribution >= 0.6 is 0 Å². The molecular formula is C49H56N2O8S. The average molecular weight is 833 g/mol. The molecule has 10 nitrogen and oxygen atoms in total. The summed E-state index contributed by atoms with van der Waals surface area (Å²) in [5, 5.41) is 54.5. The molecule has 0 bridgehead atoms. The van der Waals surface area contributed by atoms with Crippen LogP contribution in [0.4, 0.5) is 0 Å². The van der Waals surface area contributed by atoms with E-state index in [2.05, 4.69) is 6.58 Å². The van der Waals surface area contributed by atoms with Gasteiger partial charge < -0.3 is 31.3 Å². The van der Waals surface area contributed by atoms with E-state index >= 15 is 0 Å². The predicted molar refractivity (Wildman–Crippen MR) is 237 cm³/mol. The van der Waals surface area contributed by atoms with Crippen molar-refractivity contribution in [3.63, 3.8) is 0 Å². The maximum Gasteiger partial charge on any atom is 0.297 e. The second-order valence-electron chi connectivity index (χ2n) is 13.0. The molecule has 0 spiro atoms. The number of nitriles is 1. The first-order valence-electron chi connectivity index (χ1n) is 19.2. The van der Waals surface area contributed by atoms with Crippen LogP contribution in [-0.2, 0) is 14.3 Å². The normalized spacial score (nSPS) is 12.2. The molecule has 4 atom stereocenters. The molecular weight excluding hydrogens is 777 g/mol. The molecule has 0 aliphatic rings. The quantitative estimate of drug-likeness (QED) is 0.0618. The lowest BCUT2D eigenvalue weighted by Gasteiger charge is -2.11. The molecule has 0 aromatic heterocycles. The van der Waals surface area contributed by atoms with Crippen LogP contribution in [-0.4, -0.2) is 53.7 Å². The highest BCUT2D eigenvalue weighted by atomic mass is 32.2. The fraction of sp³-hybridized carbons (Fsp3) is 0.204. The van der Waals surface area contributed by atoms with Crippen molar-refractivity contribution in [1.29, 1.82) is 5.26 Å². The zero-order valence-electron chi connectivity index (χ0n) is 33.8. The Morgan fingerprint density at radius 2 is 1.00 bits per heavy atom. The maximum atomic E-state index is 11.9. The van der Waals surface area contributed by atoms with E-state index in [0.717, 1.165) is 22.3 Å². The van der Waals surface area contributed by atoms with Gasteiger partial charge in [-0.15, -0.1) is 0 Å². The number of rotatable bonds is 13. The second kappa shape index (κ2) is 29.4. The summed E-state index contributed by atoms with van der Waals surface area (Å²) >= 11 is 0. The van der Waals surface area contributed by atoms with Gasteiger partial charge in [0.1, 0.15) is 12.2 Å². The second-order valence-corrected chi connectivity index (χ2v) is 14.6. The lowest BCUT2D eigenvalue weighted by Crippen LogP contribution is -2.13. The first kappa shape index (κ1) is 50.4. The van der Waals surface area contributed by atoms with Gasteiger partial charge in [-0.1, -0.05) is 182 Å². The topological polar surface area (TPSA) is 194 Å². The van der Waals surface area contributed by atoms with Gasteiger partial charge in [0.2, 0.25) is 0 Å². The van der Waals surface area contributed by atoms with Gasteiger partial charge in [0.25, 0.3) is 10.1 Å². The summed E-state index contributed by atoms with van der Waals surface area (Å²) in [7, 11) is -3.84. The summed E-state index contributed by atoms with van der Waals surface area (Å²) in [5.74, 6) is 0. The monoisotopic (exact) mass is 832 g/mol. The first-order valence-corrected chi connectivity index (χ1v) is 20.6. The third-order valence-corrected chi connectivity index (χ3v) is 9.66. The number of nitrogens with two attached hydrogens (primary N) is 1. The fourth-order valence-electron chi connectivity index (χ4n) is 4.95. The van der Waals surface area contributed by atoms with E-state index in [1.807, 2.05) is 134 Å². The van der Waals surface area contributed by atoms with Crippen molar-refractivity contribution >= 4 is 16.2 Å². The Bertz CT molecular complexity index is 2140. The first-order chi connectivity index (χ1) is 28.9. The van der Waals surface area contributed by atoms with Crippen molar-refractivity contribution in [3.8, 4) is 6.07 Å². The molecule has 0 aliphatic carbocycles. The number of aliphatic hydroxyl groups is 5. The van der Waals surface area contributed by atoms with E-state index in [1.54, 1.807) is 48.5 Å². The fourth-order valence-corrected chi connectivity index (χ4v) is 5.86. The lowest BCUT2D eigenvalue weighted by molar-refractivity contribution is 0.0956. The van der Waals surface area contributed by atoms with E-state index in [9.17, 15) is 23.7 Å². The van der Waals surface area contributed by atoms with Crippen LogP contribution in [0.3, 0.4) is 0 Å². The van der Waals surface area contributed by atoms with Gasteiger partial charge in [-0.25, -0.2) is 0 Å². The van der Waals surface area contributed by atoms with E-state index in [1.165, 1.54) is 17.7 Å². The maximum absolute atomic E-state index is 11.9. The SMILES string of the molecule is C=Cc1ccccc1.Cc1ccc(S(=O)(=O)OC[C@@H](O)c2ccccc2)cc1.N#CC[C@@H](O)c1ccccc1.NCC[C@@H](O)c1ccccc1.OC[C@@H](O)c1ccccc1. The molecule has 6 aromatic carbocycles. The van der Waals surface area contributed by atoms with Crippen LogP contribution in [0.5, 0.6) is 0 Å². The molecule has 7 N–H and O–H groups in total. The van der Waals surface area contributed by atoms with Crippen LogP contribution in [0.15, 0.2) is 187 Å². The summed E-state index contributed by atoms with van der Waals surface area (Å²) in [6.45, 7) is 5.50. The predicted octanol–water partition coefficient (Wildman–Crippen LogP) is 8.18. The Hall–Kier alpha value is -5.78. The van der Waals surface area contributed by atoms with Crippen molar-refractivity contribution in [1.82, 2.24) is 0 Å². The van der Waals surface area contributed by atoms with Crippen LogP contribution in [0.25, 0.3) is 6.08 Å². The smallest absolute Gasteiger partial charge is 0.297 e. The van der Waals surface area contributed by atoms with Crippen LogP contribution in [0, 0.1) is 18.3 Å². The van der Waals surface area contributed by atoms with E-state index in [0.29, 0.717) is 18.5 Å². The molecule has 0 amide bonds. The van der Waals surface area contributed by atoms with E-state index < -0.39 is 34.5 Å². The molecule has 0 fully saturated rings. The Kier molecular flexibility index (Phi) is 24.7. The van der Waals surface area contributed by atoms with Crippen molar-refractivity contribution in [3.05, 3.63) is 216 Å². The molecule has 0 saturated carbocycles. The molecule has 0 aliphatic heterocycles. The largest absolute Gasteiger partial charge is 0.393 e. The van der Waals surface area contributed by atoms with Crippen molar-refractivity contribution < 1.29 is 38.1 Å². The van der Waals surface area contributed by atoms with Gasteiger partial charge in [-0.05, 0) is 59.8 Å². The highest BCUT2D eigenvalue weighted by Crippen LogP contribution is 2.18. The summed E-state index contributed by atoms with van der Waals surface area (Å²) in [6, 6.07) is 54.9. The zero-order valence-corrected chi connectivity index (χ0v) is 34.6. The van der Waals surface area contributed by atoms with E-state index in [4.69, 9.17) is 25.4 Å². The molecule has 11 heteroatoms. The van der Waals surface area contributed by atoms with Gasteiger partial charge in [-0.3, -0.25) is 4.18 Å². The van der Waals surface area contributed by atoms with Crippen LogP contribution < -0.4 is 5.73 Å². The third kappa shape index (κ3) is 20.3. The van der Waals surface area contributed by atoms with Gasteiger partial charge >= 0.3 is 0 Å². The minimum Gasteiger partial charge on any atom is -0.393 e. The number of hydrogen-bond donors (Lipinski definition) is 6. The molecule has 316 valence electrons. The van der Waals surface area contributed by atoms with Crippen molar-refractivity contribution in [2.45, 2.75) is 49.1 Å². The van der Waals surface area contributed by atoms with Gasteiger partial charge in [-0.2, -0.15) is 13.7 Å². The Balaban J connectivity index is 0.000000270. The van der Waals surface area contributed by atoms with Crippen molar-refractivity contribution in [2.75, 3.05) is 19.8 Å². The van der Waals surface area contributed by atoms with Crippen LogP contribution in [0.1, 0.15) is 70.6 Å². The Morgan fingerprint density at radius 1 is 0.617 bits per heavy atom. The number of aliphatic hydroxyl groups excluding tert-OH is 5. The van der Waals surface area contributed by atoms with E-state index in [-0.39, 0.29) is 24.5 Å². The number of nitrogens with zero attached hydrogens (tertiary/aromatic N) is 1. The minimum atomic E-state index is -3.84. The summed E-state index contributed by atoms with van der Waals surface area (Å²) in [5.41, 5.74) is 10.6. The Labute approximate surface area is 354 Å². The number of benzene rings is 6. The molecule has 0 heterocycles. The van der Waals surface area contributed by atoms with Gasteiger partial charge in [0.05, 0.1) is 42.8 Å². The summed E-state index contributed by atoms with van der Waals surface area (Å²) < 4.78 is 28.8. The standard InChI is InChI=1S/C15H16O4S.C9H13NO.C9H9NO.C8H10O2.C8H8/c1-12-7-9-14(10-8-12)20(17,18)19-11-15(16)13-5-3-2-4-6-13;2*10-7-6-9(11)8-4-2-1-3-5-8;9-6-8(10)7-4-2-1-3-5-7;1-2-8-6-4-3-5-7-8/h2-10,15-16H,11H2,1H3;1-5,9,11H,6-7,10H2;1-5,9,11H,6H2;1-5,8-10H,6H2;2-7H,1H2/t15-;2*9-;8-;/m1111./s1. The van der Waals surface area contributed by atoms with Gasteiger partial charge in [0.15, 0.2) is 0 Å². The minimum absolute atomic E-state index is 0.0864. The zero-order chi connectivity index (χ0) is 44.0. The van der Waals surface area contributed by atoms with Gasteiger partial charge in [0, 0.05) is 0 Å². The van der Waals surface area contributed by atoms with Crippen LogP contribution in [0.2, 0.25) is 0 Å². The summed E-state index contributed by atoms with van der Waals surface area (Å²) in [4.78, 5) is 0.0864. The molecule has 6 rings (SSSR count). The number of aryl methyl sites for hydroxylation is 1. The Morgan fingerprint density at radius 3 is 1.37 bits per heavy atom. The highest BCUT2D eigenvalue weighted by molar-refractivity contribution is 7.86. The number of hydrogen-bond acceptors (Lipinski definition) is 10. The molecule has 0 unspecified atom stereocenters. The summed E-state index contributed by atoms with van der Waals surface area (Å²) in [6.07, 6.45) is -0.131. The average Bonchev–Trinajstić information content (AvgIpc) is 3.30.